The van der Waals surface area contributed by atoms with Crippen LogP contribution in [0.15, 0.2) is 364 Å². The molecular weight excluding hydrogens is 2120 g/mol. The fourth-order valence-electron chi connectivity index (χ4n) is 14.4. The van der Waals surface area contributed by atoms with Crippen molar-refractivity contribution in [3.05, 3.63) is 412 Å². The third kappa shape index (κ3) is 18.4. The molecule has 2 heterocycles. The summed E-state index contributed by atoms with van der Waals surface area (Å²) in [5.41, 5.74) is 8.47. The Labute approximate surface area is 698 Å². The summed E-state index contributed by atoms with van der Waals surface area (Å²) in [7, 11) is -8.01. The Morgan fingerprint density at radius 2 is 0.340 bits per heavy atom. The van der Waals surface area contributed by atoms with E-state index in [1.165, 1.54) is 107 Å². The van der Waals surface area contributed by atoms with Crippen LogP contribution in [0.25, 0.3) is 22.3 Å². The molecule has 2 aliphatic heterocycles. The van der Waals surface area contributed by atoms with Crippen molar-refractivity contribution in [2.45, 2.75) is 26.2 Å². The predicted molar refractivity (Wildman–Crippen MR) is 455 cm³/mol. The predicted octanol–water partition coefficient (Wildman–Crippen LogP) is 14.1. The summed E-state index contributed by atoms with van der Waals surface area (Å²) in [6.45, 7) is 9.27. The monoisotopic (exact) mass is 2200 g/mol. The first-order valence-corrected chi connectivity index (χ1v) is 46.4. The molecule has 0 aromatic heterocycles. The van der Waals surface area contributed by atoms with Crippen LogP contribution in [0.4, 0.5) is 0 Å². The summed E-state index contributed by atoms with van der Waals surface area (Å²) < 4.78 is 0. The molecule has 0 fully saturated rings. The van der Waals surface area contributed by atoms with Gasteiger partial charge in [-0.25, -0.2) is 0 Å². The van der Waals surface area contributed by atoms with Gasteiger partial charge in [0.15, 0.2) is 0 Å². The molecule has 0 saturated heterocycles. The van der Waals surface area contributed by atoms with E-state index in [0.29, 0.717) is 0 Å². The first-order valence-electron chi connectivity index (χ1n) is 34.4. The Morgan fingerprint density at radius 3 is 0.481 bits per heavy atom. The van der Waals surface area contributed by atoms with Crippen molar-refractivity contribution >= 4 is 132 Å². The van der Waals surface area contributed by atoms with Crippen LogP contribution in [0.2, 0.25) is 26.2 Å². The number of hydrogen-bond acceptors (Lipinski definition) is 0. The Morgan fingerprint density at radius 1 is 0.198 bits per heavy atom. The Balaban J connectivity index is 0.000000166. The largest absolute Gasteiger partial charge is 1.00 e. The van der Waals surface area contributed by atoms with Gasteiger partial charge in [-0.2, -0.15) is 0 Å². The van der Waals surface area contributed by atoms with Crippen LogP contribution >= 0.6 is 31.7 Å². The molecule has 0 bridgehead atoms. The molecule has 14 aromatic carbocycles. The molecule has 0 N–H and O–H groups in total. The molecule has 0 unspecified atom stereocenters. The maximum absolute atomic E-state index is 7.29. The summed E-state index contributed by atoms with van der Waals surface area (Å²) in [6.07, 6.45) is 29.2. The van der Waals surface area contributed by atoms with Crippen molar-refractivity contribution in [1.29, 1.82) is 0 Å². The minimum atomic E-state index is -1.72. The molecule has 0 saturated carbocycles. The molecule has 16 rings (SSSR count). The normalized spacial score (nSPS) is 11.7. The van der Waals surface area contributed by atoms with Gasteiger partial charge in [0.25, 0.3) is 0 Å². The Bertz CT molecular complexity index is 4580. The molecule has 0 radical (unpaired) electrons. The standard InChI is InChI=1S/2C30H24P2.2C18H12Si.4Au/c2*1-5-15-25(16-6-1)31(26-17-7-2-8-18-26)29-23-13-14-24-30(29)32(27-19-9-3-10-20-27)28-21-11-4-12-22-28;2*1-5-13-7-9-15-16-10-8-14(6-2)12-18(16)19(3,4)17(15)11-13;;;;/h2*1-24H;2*7-12H,3-4H3;;;;/q;;2*-2;4*+1/p+4. The summed E-state index contributed by atoms with van der Waals surface area (Å²) >= 11 is 0. The number of benzene rings is 14. The van der Waals surface area contributed by atoms with Gasteiger partial charge < -0.3 is 25.7 Å². The van der Waals surface area contributed by atoms with Gasteiger partial charge in [-0.1, -0.05) is 241 Å². The van der Waals surface area contributed by atoms with Crippen molar-refractivity contribution in [2.24, 2.45) is 0 Å². The zero-order valence-electron chi connectivity index (χ0n) is 58.8. The maximum atomic E-state index is 7.29. The van der Waals surface area contributed by atoms with Crippen LogP contribution in [0.1, 0.15) is 22.3 Å². The van der Waals surface area contributed by atoms with E-state index in [9.17, 15) is 0 Å². The zero-order chi connectivity index (χ0) is 70.4. The minimum Gasteiger partial charge on any atom is -0.366 e. The van der Waals surface area contributed by atoms with Gasteiger partial charge in [0, 0.05) is 0 Å². The molecule has 10 heteroatoms. The fourth-order valence-corrected chi connectivity index (χ4v) is 32.6. The van der Waals surface area contributed by atoms with Gasteiger partial charge in [-0.3, -0.25) is 23.7 Å². The van der Waals surface area contributed by atoms with Crippen molar-refractivity contribution in [3.63, 3.8) is 0 Å². The van der Waals surface area contributed by atoms with Crippen molar-refractivity contribution in [1.82, 2.24) is 0 Å². The van der Waals surface area contributed by atoms with E-state index in [4.69, 9.17) is 25.7 Å². The van der Waals surface area contributed by atoms with Gasteiger partial charge in [-0.15, -0.1) is 70.8 Å². The second kappa shape index (κ2) is 39.0. The van der Waals surface area contributed by atoms with Crippen LogP contribution in [0, 0.1) is 49.4 Å². The maximum Gasteiger partial charge on any atom is 1.00 e. The zero-order valence-corrected chi connectivity index (χ0v) is 73.5. The number of hydrogen-bond donors (Lipinski definition) is 0. The van der Waals surface area contributed by atoms with Crippen molar-refractivity contribution < 1.29 is 89.5 Å². The summed E-state index contributed by atoms with van der Waals surface area (Å²) in [4.78, 5) is 0. The van der Waals surface area contributed by atoms with Gasteiger partial charge in [0.05, 0.1) is 0 Å². The Kier molecular flexibility index (Phi) is 30.3. The molecule has 0 spiro atoms. The number of rotatable bonds is 12. The van der Waals surface area contributed by atoms with Crippen LogP contribution in [-0.2, 0) is 89.5 Å². The SMILES string of the molecule is [Au+].[Au+].[Au+].[Au+].[C-]#Cc1ccc2c(c1)[Si](C)(C)c1cc(C#[C-])ccc1-2.[C-]#Cc1ccc2c(c1)[Si](C)(C)c1cc(C#[C-])ccc1-2.c1ccc([PH+](c2ccccc2)c2ccccc2[PH+](c2ccccc2)c2ccccc2)cc1.c1ccc([PH+](c2ccccc2)c2ccccc2[PH+](c2ccccc2)c2ccccc2)cc1. The van der Waals surface area contributed by atoms with Crippen LogP contribution in [0.3, 0.4) is 0 Å². The van der Waals surface area contributed by atoms with E-state index < -0.39 is 47.8 Å². The van der Waals surface area contributed by atoms with E-state index in [-0.39, 0.29) is 89.5 Å². The van der Waals surface area contributed by atoms with E-state index in [1.54, 1.807) is 0 Å². The third-order valence-corrected chi connectivity index (χ3v) is 38.1. The average molecular weight is 2200 g/mol. The van der Waals surface area contributed by atoms with E-state index in [2.05, 4.69) is 390 Å². The molecule has 0 nitrogen and oxygen atoms in total. The molecule has 106 heavy (non-hydrogen) atoms. The summed E-state index contributed by atoms with van der Waals surface area (Å²) in [5, 5.41) is 22.9. The molecular formula is C96H76Au4P4Si2+4. The van der Waals surface area contributed by atoms with Gasteiger partial charge in [0.2, 0.25) is 0 Å². The van der Waals surface area contributed by atoms with Crippen LogP contribution < -0.4 is 84.4 Å². The molecule has 0 amide bonds. The first kappa shape index (κ1) is 82.5. The van der Waals surface area contributed by atoms with Crippen molar-refractivity contribution in [3.8, 4) is 45.9 Å². The average Bonchev–Trinajstić information content (AvgIpc) is 1.57. The Hall–Kier alpha value is -7.57. The minimum absolute atomic E-state index is 0. The molecule has 0 aliphatic carbocycles. The summed E-state index contributed by atoms with van der Waals surface area (Å²) in [6, 6.07) is 131. The molecule has 528 valence electrons. The third-order valence-electron chi connectivity index (χ3n) is 19.4. The van der Waals surface area contributed by atoms with E-state index in [0.717, 1.165) is 22.3 Å². The van der Waals surface area contributed by atoms with E-state index in [1.807, 2.05) is 24.3 Å². The topological polar surface area (TPSA) is 0 Å². The molecule has 2 aliphatic rings. The van der Waals surface area contributed by atoms with Gasteiger partial charge in [-0.05, 0) is 144 Å². The summed E-state index contributed by atoms with van der Waals surface area (Å²) in [5.74, 6) is 9.89. The van der Waals surface area contributed by atoms with Gasteiger partial charge >= 0.3 is 89.5 Å². The second-order valence-corrected chi connectivity index (χ2v) is 44.7. The van der Waals surface area contributed by atoms with Crippen molar-refractivity contribution in [2.75, 3.05) is 0 Å². The smallest absolute Gasteiger partial charge is 0.366 e. The second-order valence-electron chi connectivity index (χ2n) is 26.3. The number of fused-ring (bicyclic) bond motifs is 6. The van der Waals surface area contributed by atoms with E-state index >= 15 is 0 Å². The van der Waals surface area contributed by atoms with Crippen LogP contribution in [0.5, 0.6) is 0 Å². The van der Waals surface area contributed by atoms with Crippen LogP contribution in [-0.4, -0.2) is 16.1 Å². The first-order chi connectivity index (χ1) is 50.0. The van der Waals surface area contributed by atoms with Gasteiger partial charge in [0.1, 0.15) is 111 Å². The molecule has 0 atom stereocenters. The molecule has 14 aromatic rings. The quantitative estimate of drug-likeness (QED) is 0.0495. The fraction of sp³-hybridized carbons (Fsp3) is 0.0417.